The standard InChI is InChI=1S/C9H12BNO4/c1-2-15-9(12)11-8-5-3-7(4-6-8)10(13)14/h3-6,13-14H,2H2,1H3,(H,11,12). The van der Waals surface area contributed by atoms with E-state index in [1.807, 2.05) is 0 Å². The number of amides is 1. The van der Waals surface area contributed by atoms with Crippen molar-refractivity contribution < 1.29 is 19.6 Å². The summed E-state index contributed by atoms with van der Waals surface area (Å²) in [5, 5.41) is 20.1. The van der Waals surface area contributed by atoms with Crippen LogP contribution in [0.15, 0.2) is 24.3 Å². The monoisotopic (exact) mass is 209 g/mol. The van der Waals surface area contributed by atoms with E-state index in [0.717, 1.165) is 0 Å². The molecule has 0 aliphatic heterocycles. The molecule has 0 radical (unpaired) electrons. The molecule has 1 amide bonds. The Morgan fingerprint density at radius 2 is 2.00 bits per heavy atom. The van der Waals surface area contributed by atoms with Gasteiger partial charge in [0.1, 0.15) is 0 Å². The molecule has 0 aliphatic carbocycles. The first-order chi connectivity index (χ1) is 7.13. The van der Waals surface area contributed by atoms with Crippen molar-refractivity contribution in [1.29, 1.82) is 0 Å². The zero-order chi connectivity index (χ0) is 11.3. The lowest BCUT2D eigenvalue weighted by Gasteiger charge is -2.05. The van der Waals surface area contributed by atoms with Crippen LogP contribution in [-0.2, 0) is 4.74 Å². The van der Waals surface area contributed by atoms with Gasteiger partial charge in [0.15, 0.2) is 0 Å². The largest absolute Gasteiger partial charge is 0.488 e. The van der Waals surface area contributed by atoms with Gasteiger partial charge in [0.25, 0.3) is 0 Å². The molecule has 0 fully saturated rings. The van der Waals surface area contributed by atoms with Gasteiger partial charge in [0.2, 0.25) is 0 Å². The van der Waals surface area contributed by atoms with Gasteiger partial charge in [-0.05, 0) is 24.5 Å². The molecule has 6 heteroatoms. The number of anilines is 1. The molecule has 0 bridgehead atoms. The number of ether oxygens (including phenoxy) is 1. The average molecular weight is 209 g/mol. The number of benzene rings is 1. The van der Waals surface area contributed by atoms with Crippen molar-refractivity contribution in [3.8, 4) is 0 Å². The van der Waals surface area contributed by atoms with Crippen molar-refractivity contribution in [3.05, 3.63) is 24.3 Å². The summed E-state index contributed by atoms with van der Waals surface area (Å²) < 4.78 is 4.67. The van der Waals surface area contributed by atoms with Crippen molar-refractivity contribution in [1.82, 2.24) is 0 Å². The molecule has 80 valence electrons. The van der Waals surface area contributed by atoms with Crippen LogP contribution in [0.2, 0.25) is 0 Å². The lowest BCUT2D eigenvalue weighted by Crippen LogP contribution is -2.29. The van der Waals surface area contributed by atoms with E-state index in [4.69, 9.17) is 10.0 Å². The Bertz CT molecular complexity index is 325. The van der Waals surface area contributed by atoms with Crippen LogP contribution in [0.25, 0.3) is 0 Å². The third-order valence-electron chi connectivity index (χ3n) is 1.73. The molecule has 1 rings (SSSR count). The second-order valence-electron chi connectivity index (χ2n) is 2.84. The van der Waals surface area contributed by atoms with E-state index in [-0.39, 0.29) is 0 Å². The van der Waals surface area contributed by atoms with Gasteiger partial charge in [0, 0.05) is 5.69 Å². The van der Waals surface area contributed by atoms with Crippen LogP contribution in [-0.4, -0.2) is 29.9 Å². The number of hydrogen-bond acceptors (Lipinski definition) is 4. The summed E-state index contributed by atoms with van der Waals surface area (Å²) in [5.74, 6) is 0. The summed E-state index contributed by atoms with van der Waals surface area (Å²) >= 11 is 0. The van der Waals surface area contributed by atoms with Gasteiger partial charge in [-0.2, -0.15) is 0 Å². The van der Waals surface area contributed by atoms with Crippen molar-refractivity contribution >= 4 is 24.4 Å². The summed E-state index contributed by atoms with van der Waals surface area (Å²) in [6, 6.07) is 6.13. The molecule has 0 saturated carbocycles. The smallest absolute Gasteiger partial charge is 0.450 e. The minimum Gasteiger partial charge on any atom is -0.450 e. The number of hydrogen-bond donors (Lipinski definition) is 3. The predicted octanol–water partition coefficient (Wildman–Crippen LogP) is -0.0652. The van der Waals surface area contributed by atoms with Crippen LogP contribution in [0.5, 0.6) is 0 Å². The molecule has 0 aliphatic rings. The molecular formula is C9H12BNO4. The molecule has 0 spiro atoms. The molecule has 0 saturated heterocycles. The van der Waals surface area contributed by atoms with Crippen LogP contribution < -0.4 is 10.8 Å². The zero-order valence-electron chi connectivity index (χ0n) is 8.30. The average Bonchev–Trinajstić information content (AvgIpc) is 2.18. The fourth-order valence-electron chi connectivity index (χ4n) is 1.02. The van der Waals surface area contributed by atoms with E-state index in [9.17, 15) is 4.79 Å². The Labute approximate surface area is 87.8 Å². The highest BCUT2D eigenvalue weighted by Gasteiger charge is 2.10. The van der Waals surface area contributed by atoms with Gasteiger partial charge in [-0.3, -0.25) is 5.32 Å². The summed E-state index contributed by atoms with van der Waals surface area (Å²) in [6.45, 7) is 2.02. The summed E-state index contributed by atoms with van der Waals surface area (Å²) in [6.07, 6.45) is -0.533. The van der Waals surface area contributed by atoms with E-state index in [0.29, 0.717) is 17.8 Å². The minimum atomic E-state index is -1.50. The molecule has 3 N–H and O–H groups in total. The maximum absolute atomic E-state index is 11.0. The van der Waals surface area contributed by atoms with Crippen molar-refractivity contribution in [2.45, 2.75) is 6.92 Å². The lowest BCUT2D eigenvalue weighted by atomic mass is 9.80. The Morgan fingerprint density at radius 3 is 2.47 bits per heavy atom. The minimum absolute atomic E-state index is 0.305. The predicted molar refractivity (Wildman–Crippen MR) is 56.9 cm³/mol. The van der Waals surface area contributed by atoms with Crippen LogP contribution in [0.1, 0.15) is 6.92 Å². The Hall–Kier alpha value is -1.53. The van der Waals surface area contributed by atoms with Crippen LogP contribution in [0.4, 0.5) is 10.5 Å². The van der Waals surface area contributed by atoms with Gasteiger partial charge in [0.05, 0.1) is 6.61 Å². The Morgan fingerprint density at radius 1 is 1.40 bits per heavy atom. The number of nitrogens with one attached hydrogen (secondary N) is 1. The third-order valence-corrected chi connectivity index (χ3v) is 1.73. The van der Waals surface area contributed by atoms with E-state index < -0.39 is 13.2 Å². The van der Waals surface area contributed by atoms with E-state index in [1.165, 1.54) is 12.1 Å². The van der Waals surface area contributed by atoms with Crippen LogP contribution in [0, 0.1) is 0 Å². The maximum atomic E-state index is 11.0. The molecule has 0 aromatic heterocycles. The molecule has 0 unspecified atom stereocenters. The SMILES string of the molecule is CCOC(=O)Nc1ccc(B(O)O)cc1. The van der Waals surface area contributed by atoms with E-state index >= 15 is 0 Å². The van der Waals surface area contributed by atoms with Crippen LogP contribution in [0.3, 0.4) is 0 Å². The van der Waals surface area contributed by atoms with E-state index in [1.54, 1.807) is 19.1 Å². The second kappa shape index (κ2) is 5.38. The Balaban J connectivity index is 2.60. The summed E-state index contributed by atoms with van der Waals surface area (Å²) in [5.41, 5.74) is 0.905. The van der Waals surface area contributed by atoms with Gasteiger partial charge in [-0.15, -0.1) is 0 Å². The van der Waals surface area contributed by atoms with Gasteiger partial charge in [-0.25, -0.2) is 4.79 Å². The number of carbonyl (C=O) groups excluding carboxylic acids is 1. The van der Waals surface area contributed by atoms with Gasteiger partial charge < -0.3 is 14.8 Å². The van der Waals surface area contributed by atoms with Crippen molar-refractivity contribution in [2.75, 3.05) is 11.9 Å². The van der Waals surface area contributed by atoms with Crippen molar-refractivity contribution in [3.63, 3.8) is 0 Å². The fraction of sp³-hybridized carbons (Fsp3) is 0.222. The first-order valence-electron chi connectivity index (χ1n) is 4.53. The zero-order valence-corrected chi connectivity index (χ0v) is 8.30. The highest BCUT2D eigenvalue weighted by Crippen LogP contribution is 2.04. The second-order valence-corrected chi connectivity index (χ2v) is 2.84. The first-order valence-corrected chi connectivity index (χ1v) is 4.53. The van der Waals surface area contributed by atoms with Crippen LogP contribution >= 0.6 is 0 Å². The number of carbonyl (C=O) groups is 1. The Kier molecular flexibility index (Phi) is 4.14. The molecule has 1 aromatic carbocycles. The normalized spacial score (nSPS) is 9.53. The van der Waals surface area contributed by atoms with Gasteiger partial charge in [-0.1, -0.05) is 12.1 Å². The fourth-order valence-corrected chi connectivity index (χ4v) is 1.02. The topological polar surface area (TPSA) is 78.8 Å². The highest BCUT2D eigenvalue weighted by atomic mass is 16.5. The molecule has 0 heterocycles. The molecular weight excluding hydrogens is 197 g/mol. The van der Waals surface area contributed by atoms with E-state index in [2.05, 4.69) is 10.1 Å². The van der Waals surface area contributed by atoms with Crippen molar-refractivity contribution in [2.24, 2.45) is 0 Å². The molecule has 15 heavy (non-hydrogen) atoms. The summed E-state index contributed by atoms with van der Waals surface area (Å²) in [4.78, 5) is 11.0. The first kappa shape index (κ1) is 11.5. The third kappa shape index (κ3) is 3.61. The highest BCUT2D eigenvalue weighted by molar-refractivity contribution is 6.58. The molecule has 1 aromatic rings. The maximum Gasteiger partial charge on any atom is 0.488 e. The molecule has 0 atom stereocenters. The van der Waals surface area contributed by atoms with Gasteiger partial charge >= 0.3 is 13.2 Å². The summed E-state index contributed by atoms with van der Waals surface area (Å²) in [7, 11) is -1.50. The quantitative estimate of drug-likeness (QED) is 0.609. The lowest BCUT2D eigenvalue weighted by molar-refractivity contribution is 0.168. The number of rotatable bonds is 3. The molecule has 5 nitrogen and oxygen atoms in total.